The smallest absolute Gasteiger partial charge is 0.188 e. The summed E-state index contributed by atoms with van der Waals surface area (Å²) >= 11 is 0. The van der Waals surface area contributed by atoms with E-state index in [-0.39, 0.29) is 0 Å². The molecule has 5 heteroatoms. The van der Waals surface area contributed by atoms with E-state index in [0.29, 0.717) is 11.4 Å². The fourth-order valence-electron chi connectivity index (χ4n) is 2.27. The summed E-state index contributed by atoms with van der Waals surface area (Å²) in [5.41, 5.74) is 9.98. The first kappa shape index (κ1) is 12.9. The summed E-state index contributed by atoms with van der Waals surface area (Å²) in [6.45, 7) is 7.19. The van der Waals surface area contributed by atoms with Gasteiger partial charge in [0, 0.05) is 18.3 Å². The summed E-state index contributed by atoms with van der Waals surface area (Å²) in [4.78, 5) is 3.49. The second-order valence-corrected chi connectivity index (χ2v) is 4.73. The third kappa shape index (κ3) is 2.35. The molecule has 0 aliphatic heterocycles. The van der Waals surface area contributed by atoms with Crippen molar-refractivity contribution < 1.29 is 0 Å². The van der Waals surface area contributed by atoms with E-state index in [0.717, 1.165) is 22.5 Å². The molecule has 0 spiro atoms. The number of nitrogens with two attached hydrogens (primary N) is 1. The first-order chi connectivity index (χ1) is 10.2. The maximum atomic E-state index is 7.19. The highest BCUT2D eigenvalue weighted by Crippen LogP contribution is 2.34. The second kappa shape index (κ2) is 5.10. The van der Waals surface area contributed by atoms with Crippen molar-refractivity contribution in [2.45, 2.75) is 0 Å². The van der Waals surface area contributed by atoms with Crippen LogP contribution in [0.2, 0.25) is 0 Å². The van der Waals surface area contributed by atoms with Crippen LogP contribution in [0.4, 0.5) is 11.4 Å². The minimum Gasteiger partial charge on any atom is -0.399 e. The average Bonchev–Trinajstić information content (AvgIpc) is 2.92. The summed E-state index contributed by atoms with van der Waals surface area (Å²) in [6.07, 6.45) is 1.64. The largest absolute Gasteiger partial charge is 0.399 e. The molecular formula is C16H13N5. The van der Waals surface area contributed by atoms with Gasteiger partial charge in [0.15, 0.2) is 11.5 Å². The summed E-state index contributed by atoms with van der Waals surface area (Å²) in [7, 11) is 1.88. The van der Waals surface area contributed by atoms with Crippen molar-refractivity contribution in [3.8, 4) is 22.5 Å². The molecule has 0 saturated carbocycles. The summed E-state index contributed by atoms with van der Waals surface area (Å²) in [6, 6.07) is 13.2. The van der Waals surface area contributed by atoms with Crippen LogP contribution < -0.4 is 5.73 Å². The van der Waals surface area contributed by atoms with E-state index in [2.05, 4.69) is 15.0 Å². The lowest BCUT2D eigenvalue weighted by Crippen LogP contribution is -1.94. The zero-order valence-electron chi connectivity index (χ0n) is 11.5. The van der Waals surface area contributed by atoms with E-state index in [4.69, 9.17) is 12.3 Å². The molecule has 1 heterocycles. The molecule has 0 unspecified atom stereocenters. The molecule has 3 rings (SSSR count). The molecule has 21 heavy (non-hydrogen) atoms. The molecule has 0 aliphatic rings. The predicted octanol–water partition coefficient (Wildman–Crippen LogP) is 3.28. The van der Waals surface area contributed by atoms with Crippen LogP contribution in [0.5, 0.6) is 0 Å². The van der Waals surface area contributed by atoms with Crippen molar-refractivity contribution >= 4 is 11.4 Å². The molecular weight excluding hydrogens is 262 g/mol. The number of benzene rings is 2. The van der Waals surface area contributed by atoms with Crippen LogP contribution in [0.1, 0.15) is 0 Å². The van der Waals surface area contributed by atoms with Crippen molar-refractivity contribution in [1.29, 1.82) is 0 Å². The molecule has 2 aromatic carbocycles. The van der Waals surface area contributed by atoms with Crippen molar-refractivity contribution in [3.63, 3.8) is 0 Å². The quantitative estimate of drug-likeness (QED) is 0.576. The molecule has 1 aromatic heterocycles. The van der Waals surface area contributed by atoms with Crippen LogP contribution in [-0.2, 0) is 7.05 Å². The normalized spacial score (nSPS) is 10.3. The lowest BCUT2D eigenvalue weighted by atomic mass is 9.98. The zero-order chi connectivity index (χ0) is 14.8. The maximum absolute atomic E-state index is 7.19. The summed E-state index contributed by atoms with van der Waals surface area (Å²) in [5, 5.41) is 8.07. The van der Waals surface area contributed by atoms with Gasteiger partial charge >= 0.3 is 0 Å². The van der Waals surface area contributed by atoms with Crippen LogP contribution >= 0.6 is 0 Å². The number of nitrogen functional groups attached to an aromatic ring is 1. The Labute approximate surface area is 122 Å². The number of rotatable bonds is 2. The Kier molecular flexibility index (Phi) is 3.13. The minimum absolute atomic E-state index is 0.570. The second-order valence-electron chi connectivity index (χ2n) is 4.73. The SMILES string of the molecule is [C-]#[N+]c1ccc(-c2cccc(N)c2)c(-c2nncn2C)c1. The van der Waals surface area contributed by atoms with Crippen LogP contribution in [0.25, 0.3) is 27.4 Å². The van der Waals surface area contributed by atoms with E-state index in [1.54, 1.807) is 12.4 Å². The van der Waals surface area contributed by atoms with E-state index < -0.39 is 0 Å². The van der Waals surface area contributed by atoms with Crippen LogP contribution in [0, 0.1) is 6.57 Å². The van der Waals surface area contributed by atoms with E-state index in [1.807, 2.05) is 48.0 Å². The molecule has 0 atom stereocenters. The van der Waals surface area contributed by atoms with Gasteiger partial charge in [-0.15, -0.1) is 10.2 Å². The lowest BCUT2D eigenvalue weighted by Gasteiger charge is -2.10. The molecule has 2 N–H and O–H groups in total. The van der Waals surface area contributed by atoms with E-state index in [9.17, 15) is 0 Å². The number of hydrogen-bond acceptors (Lipinski definition) is 3. The number of nitrogens with zero attached hydrogens (tertiary/aromatic N) is 4. The number of anilines is 1. The third-order valence-corrected chi connectivity index (χ3v) is 3.28. The first-order valence-corrected chi connectivity index (χ1v) is 6.41. The maximum Gasteiger partial charge on any atom is 0.188 e. The number of hydrogen-bond donors (Lipinski definition) is 1. The topological polar surface area (TPSA) is 61.1 Å². The van der Waals surface area contributed by atoms with Gasteiger partial charge in [0.25, 0.3) is 0 Å². The minimum atomic E-state index is 0.570. The third-order valence-electron chi connectivity index (χ3n) is 3.28. The summed E-state index contributed by atoms with van der Waals surface area (Å²) < 4.78 is 1.83. The molecule has 0 radical (unpaired) electrons. The molecule has 0 amide bonds. The Balaban J connectivity index is 2.26. The fraction of sp³-hybridized carbons (Fsp3) is 0.0625. The van der Waals surface area contributed by atoms with Crippen LogP contribution in [-0.4, -0.2) is 14.8 Å². The van der Waals surface area contributed by atoms with Gasteiger partial charge in [0.05, 0.1) is 6.57 Å². The molecule has 5 nitrogen and oxygen atoms in total. The predicted molar refractivity (Wildman–Crippen MR) is 82.5 cm³/mol. The Bertz CT molecular complexity index is 842. The highest BCUT2D eigenvalue weighted by atomic mass is 15.2. The van der Waals surface area contributed by atoms with Gasteiger partial charge in [0.2, 0.25) is 0 Å². The van der Waals surface area contributed by atoms with E-state index in [1.165, 1.54) is 0 Å². The monoisotopic (exact) mass is 275 g/mol. The highest BCUT2D eigenvalue weighted by molar-refractivity contribution is 5.84. The van der Waals surface area contributed by atoms with Crippen LogP contribution in [0.3, 0.4) is 0 Å². The molecule has 102 valence electrons. The van der Waals surface area contributed by atoms with Gasteiger partial charge in [-0.05, 0) is 29.3 Å². The Morgan fingerprint density at radius 1 is 1.14 bits per heavy atom. The lowest BCUT2D eigenvalue weighted by molar-refractivity contribution is 0.920. The summed E-state index contributed by atoms with van der Waals surface area (Å²) in [5.74, 6) is 0.720. The van der Waals surface area contributed by atoms with Gasteiger partial charge in [-0.1, -0.05) is 24.3 Å². The first-order valence-electron chi connectivity index (χ1n) is 6.41. The zero-order valence-corrected chi connectivity index (χ0v) is 11.5. The van der Waals surface area contributed by atoms with Gasteiger partial charge in [0.1, 0.15) is 6.33 Å². The van der Waals surface area contributed by atoms with Crippen molar-refractivity contribution in [1.82, 2.24) is 14.8 Å². The Hall–Kier alpha value is -3.13. The molecule has 0 aliphatic carbocycles. The molecule has 0 fully saturated rings. The highest BCUT2D eigenvalue weighted by Gasteiger charge is 2.13. The van der Waals surface area contributed by atoms with Crippen molar-refractivity contribution in [3.05, 3.63) is 60.2 Å². The average molecular weight is 275 g/mol. The van der Waals surface area contributed by atoms with Gasteiger partial charge in [-0.2, -0.15) is 0 Å². The number of aromatic nitrogens is 3. The Morgan fingerprint density at radius 2 is 2.00 bits per heavy atom. The fourth-order valence-corrected chi connectivity index (χ4v) is 2.27. The van der Waals surface area contributed by atoms with Crippen molar-refractivity contribution in [2.75, 3.05) is 5.73 Å². The van der Waals surface area contributed by atoms with Gasteiger partial charge < -0.3 is 10.3 Å². The standard InChI is InChI=1S/C16H13N5/c1-18-13-6-7-14(11-4-3-5-12(17)8-11)15(9-13)16-20-19-10-21(16)2/h3-10H,17H2,2H3. The van der Waals surface area contributed by atoms with Gasteiger partial charge in [-0.3, -0.25) is 0 Å². The molecule has 3 aromatic rings. The van der Waals surface area contributed by atoms with E-state index >= 15 is 0 Å². The number of aryl methyl sites for hydroxylation is 1. The van der Waals surface area contributed by atoms with Crippen LogP contribution in [0.15, 0.2) is 48.8 Å². The molecule has 0 bridgehead atoms. The van der Waals surface area contributed by atoms with Gasteiger partial charge in [-0.25, -0.2) is 4.85 Å². The Morgan fingerprint density at radius 3 is 2.67 bits per heavy atom. The van der Waals surface area contributed by atoms with Crippen molar-refractivity contribution in [2.24, 2.45) is 7.05 Å². The molecule has 0 saturated heterocycles.